The van der Waals surface area contributed by atoms with Crippen LogP contribution in [-0.2, 0) is 27.5 Å². The zero-order valence-corrected chi connectivity index (χ0v) is 20.5. The van der Waals surface area contributed by atoms with E-state index in [0.717, 1.165) is 16.8 Å². The quantitative estimate of drug-likeness (QED) is 0.395. The van der Waals surface area contributed by atoms with Gasteiger partial charge in [-0.3, -0.25) is 0 Å². The number of hydrogen-bond donors (Lipinski definition) is 1. The summed E-state index contributed by atoms with van der Waals surface area (Å²) in [6.45, 7) is 6.58. The highest BCUT2D eigenvalue weighted by Crippen LogP contribution is 2.31. The first kappa shape index (κ1) is 24.0. The Morgan fingerprint density at radius 2 is 1.59 bits per heavy atom. The van der Waals surface area contributed by atoms with Gasteiger partial charge in [0.1, 0.15) is 30.0 Å². The largest absolute Gasteiger partial charge is 0.491 e. The lowest BCUT2D eigenvalue weighted by molar-refractivity contribution is 0.0919. The summed E-state index contributed by atoms with van der Waals surface area (Å²) in [6.07, 6.45) is -0.858. The lowest BCUT2D eigenvalue weighted by Gasteiger charge is -2.23. The van der Waals surface area contributed by atoms with Gasteiger partial charge in [-0.25, -0.2) is 13.4 Å². The van der Waals surface area contributed by atoms with E-state index in [1.165, 1.54) is 0 Å². The number of ether oxygens (including phenoxy) is 1. The average Bonchev–Trinajstić information content (AvgIpc) is 3.14. The predicted octanol–water partition coefficient (Wildman–Crippen LogP) is 4.75. The van der Waals surface area contributed by atoms with Crippen molar-refractivity contribution in [3.63, 3.8) is 0 Å². The molecule has 0 unspecified atom stereocenters. The number of para-hydroxylation sites is 3. The van der Waals surface area contributed by atoms with Crippen LogP contribution in [0.1, 0.15) is 32.2 Å². The summed E-state index contributed by atoms with van der Waals surface area (Å²) in [5.74, 6) is 0.863. The average molecular weight is 479 g/mol. The molecule has 6 nitrogen and oxygen atoms in total. The Morgan fingerprint density at radius 1 is 0.941 bits per heavy atom. The highest BCUT2D eigenvalue weighted by Gasteiger charge is 2.23. The molecule has 178 valence electrons. The molecule has 0 bridgehead atoms. The summed E-state index contributed by atoms with van der Waals surface area (Å²) in [6, 6.07) is 23.6. The van der Waals surface area contributed by atoms with Crippen LogP contribution >= 0.6 is 0 Å². The van der Waals surface area contributed by atoms with Crippen molar-refractivity contribution >= 4 is 20.9 Å². The fourth-order valence-corrected chi connectivity index (χ4v) is 5.28. The second kappa shape index (κ2) is 9.60. The van der Waals surface area contributed by atoms with Gasteiger partial charge in [-0.15, -0.1) is 0 Å². The highest BCUT2D eigenvalue weighted by atomic mass is 32.2. The lowest BCUT2D eigenvalue weighted by atomic mass is 9.86. The Labute approximate surface area is 200 Å². The first-order valence-corrected chi connectivity index (χ1v) is 12.9. The molecular formula is C27H30N2O4S. The summed E-state index contributed by atoms with van der Waals surface area (Å²) < 4.78 is 33.8. The Balaban J connectivity index is 1.57. The number of fused-ring (bicyclic) bond motifs is 1. The van der Waals surface area contributed by atoms with Gasteiger partial charge in [0, 0.05) is 0 Å². The van der Waals surface area contributed by atoms with Crippen molar-refractivity contribution < 1.29 is 18.3 Å². The van der Waals surface area contributed by atoms with E-state index in [-0.39, 0.29) is 29.2 Å². The Hall–Kier alpha value is -3.16. The summed E-state index contributed by atoms with van der Waals surface area (Å²) in [4.78, 5) is 4.82. The number of aliphatic hydroxyl groups is 1. The summed E-state index contributed by atoms with van der Waals surface area (Å²) in [5.41, 5.74) is 2.42. The van der Waals surface area contributed by atoms with E-state index >= 15 is 0 Å². The van der Waals surface area contributed by atoms with Crippen molar-refractivity contribution in [3.8, 4) is 5.75 Å². The van der Waals surface area contributed by atoms with Crippen LogP contribution in [0.15, 0.2) is 83.8 Å². The van der Waals surface area contributed by atoms with Crippen LogP contribution < -0.4 is 4.74 Å². The van der Waals surface area contributed by atoms with E-state index in [0.29, 0.717) is 11.3 Å². The van der Waals surface area contributed by atoms with Crippen molar-refractivity contribution in [1.29, 1.82) is 0 Å². The summed E-state index contributed by atoms with van der Waals surface area (Å²) in [7, 11) is -3.59. The molecule has 0 fully saturated rings. The van der Waals surface area contributed by atoms with Crippen LogP contribution in [0.2, 0.25) is 0 Å². The molecule has 1 N–H and O–H groups in total. The van der Waals surface area contributed by atoms with Gasteiger partial charge in [0.25, 0.3) is 0 Å². The van der Waals surface area contributed by atoms with Crippen molar-refractivity contribution in [3.05, 3.63) is 90.3 Å². The molecule has 4 aromatic rings. The maximum atomic E-state index is 13.0. The number of aliphatic hydroxyl groups excluding tert-OH is 1. The van der Waals surface area contributed by atoms with Gasteiger partial charge in [0.2, 0.25) is 0 Å². The van der Waals surface area contributed by atoms with E-state index in [4.69, 9.17) is 4.74 Å². The normalized spacial score (nSPS) is 13.2. The van der Waals surface area contributed by atoms with E-state index in [1.807, 2.05) is 48.5 Å². The minimum Gasteiger partial charge on any atom is -0.491 e. The molecular weight excluding hydrogens is 448 g/mol. The molecule has 0 saturated heterocycles. The van der Waals surface area contributed by atoms with Gasteiger partial charge in [0.05, 0.1) is 22.5 Å². The number of nitrogens with zero attached hydrogens (tertiary/aromatic N) is 2. The smallest absolute Gasteiger partial charge is 0.185 e. The number of sulfone groups is 1. The van der Waals surface area contributed by atoms with Gasteiger partial charge < -0.3 is 14.4 Å². The molecule has 4 rings (SSSR count). The molecule has 3 aromatic carbocycles. The molecule has 34 heavy (non-hydrogen) atoms. The maximum absolute atomic E-state index is 13.0. The predicted molar refractivity (Wildman–Crippen MR) is 134 cm³/mol. The Morgan fingerprint density at radius 3 is 2.32 bits per heavy atom. The molecule has 7 heteroatoms. The Kier molecular flexibility index (Phi) is 6.77. The van der Waals surface area contributed by atoms with Gasteiger partial charge >= 0.3 is 0 Å². The van der Waals surface area contributed by atoms with Crippen LogP contribution in [0.5, 0.6) is 5.75 Å². The van der Waals surface area contributed by atoms with Crippen molar-refractivity contribution in [2.75, 3.05) is 6.61 Å². The first-order chi connectivity index (χ1) is 16.1. The maximum Gasteiger partial charge on any atom is 0.185 e. The van der Waals surface area contributed by atoms with Crippen molar-refractivity contribution in [2.45, 2.75) is 49.5 Å². The summed E-state index contributed by atoms with van der Waals surface area (Å²) in [5, 5.41) is 10.9. The van der Waals surface area contributed by atoms with Crippen LogP contribution in [0.3, 0.4) is 0 Å². The molecule has 0 aliphatic heterocycles. The zero-order valence-electron chi connectivity index (χ0n) is 19.7. The Bertz CT molecular complexity index is 1370. The molecule has 0 saturated carbocycles. The minimum absolute atomic E-state index is 0.0739. The van der Waals surface area contributed by atoms with Gasteiger partial charge in [-0.2, -0.15) is 0 Å². The molecule has 0 aliphatic carbocycles. The number of hydrogen-bond acceptors (Lipinski definition) is 5. The third-order valence-corrected chi connectivity index (χ3v) is 7.30. The van der Waals surface area contributed by atoms with Crippen LogP contribution in [-0.4, -0.2) is 35.8 Å². The second-order valence-electron chi connectivity index (χ2n) is 9.41. The molecule has 1 aromatic heterocycles. The number of imidazole rings is 1. The molecule has 1 atom stereocenters. The molecule has 1 heterocycles. The van der Waals surface area contributed by atoms with Crippen LogP contribution in [0.4, 0.5) is 0 Å². The number of benzene rings is 3. The van der Waals surface area contributed by atoms with Crippen LogP contribution in [0, 0.1) is 0 Å². The highest BCUT2D eigenvalue weighted by molar-refractivity contribution is 7.90. The lowest BCUT2D eigenvalue weighted by Crippen LogP contribution is -2.26. The third-order valence-electron chi connectivity index (χ3n) is 5.67. The molecule has 0 aliphatic rings. The minimum atomic E-state index is -3.59. The van der Waals surface area contributed by atoms with Crippen molar-refractivity contribution in [1.82, 2.24) is 9.55 Å². The fraction of sp³-hybridized carbons (Fsp3) is 0.296. The first-order valence-electron chi connectivity index (χ1n) is 11.3. The molecule has 0 amide bonds. The number of rotatable bonds is 8. The second-order valence-corrected chi connectivity index (χ2v) is 11.4. The SMILES string of the molecule is CC(C)(C)c1ccccc1OC[C@H](O)Cn1c(CS(=O)(=O)c2ccccc2)nc2ccccc21. The zero-order chi connectivity index (χ0) is 24.3. The van der Waals surface area contributed by atoms with E-state index < -0.39 is 15.9 Å². The van der Waals surface area contributed by atoms with Crippen LogP contribution in [0.25, 0.3) is 11.0 Å². The van der Waals surface area contributed by atoms with E-state index in [9.17, 15) is 13.5 Å². The monoisotopic (exact) mass is 478 g/mol. The molecule has 0 radical (unpaired) electrons. The fourth-order valence-electron chi connectivity index (χ4n) is 3.98. The molecule has 0 spiro atoms. The number of aromatic nitrogens is 2. The van der Waals surface area contributed by atoms with Gasteiger partial charge in [-0.1, -0.05) is 69.3 Å². The van der Waals surface area contributed by atoms with Gasteiger partial charge in [0.15, 0.2) is 9.84 Å². The topological polar surface area (TPSA) is 81.4 Å². The van der Waals surface area contributed by atoms with Crippen molar-refractivity contribution in [2.24, 2.45) is 0 Å². The van der Waals surface area contributed by atoms with E-state index in [2.05, 4.69) is 25.8 Å². The van der Waals surface area contributed by atoms with E-state index in [1.54, 1.807) is 34.9 Å². The van der Waals surface area contributed by atoms with Gasteiger partial charge in [-0.05, 0) is 41.3 Å². The standard InChI is InChI=1S/C27H30N2O4S/c1-27(2,3)22-13-7-10-16-25(22)33-18-20(30)17-29-24-15-9-8-14-23(24)28-26(29)19-34(31,32)21-11-5-4-6-12-21/h4-16,20,30H,17-19H2,1-3H3/t20-/m1/s1. The summed E-state index contributed by atoms with van der Waals surface area (Å²) >= 11 is 0. The third kappa shape index (κ3) is 5.32.